The van der Waals surface area contributed by atoms with Crippen LogP contribution in [0.25, 0.3) is 0 Å². The minimum Gasteiger partial charge on any atom is -0.396 e. The van der Waals surface area contributed by atoms with E-state index in [1.807, 2.05) is 6.92 Å². The molecule has 0 aliphatic carbocycles. The quantitative estimate of drug-likeness (QED) is 0.330. The third-order valence-corrected chi connectivity index (χ3v) is 4.36. The van der Waals surface area contributed by atoms with E-state index in [9.17, 15) is 10.2 Å². The highest BCUT2D eigenvalue weighted by atomic mass is 16.3. The van der Waals surface area contributed by atoms with Crippen LogP contribution in [0.2, 0.25) is 0 Å². The third kappa shape index (κ3) is 13.5. The number of hydrogen-bond acceptors (Lipinski definition) is 4. The Hall–Kier alpha value is -0.160. The van der Waals surface area contributed by atoms with E-state index in [1.165, 1.54) is 0 Å². The summed E-state index contributed by atoms with van der Waals surface area (Å²) in [4.78, 5) is 0. The summed E-state index contributed by atoms with van der Waals surface area (Å²) in [6.07, 6.45) is 10.6. The van der Waals surface area contributed by atoms with E-state index in [0.29, 0.717) is 18.8 Å². The first kappa shape index (κ1) is 21.8. The van der Waals surface area contributed by atoms with Crippen LogP contribution in [0, 0.1) is 5.92 Å². The van der Waals surface area contributed by atoms with Gasteiger partial charge in [0.05, 0.1) is 12.2 Å². The zero-order valence-electron chi connectivity index (χ0n) is 14.4. The maximum Gasteiger partial charge on any atom is 0.0799 e. The zero-order chi connectivity index (χ0) is 16.6. The zero-order valence-corrected chi connectivity index (χ0v) is 14.4. The van der Waals surface area contributed by atoms with Gasteiger partial charge < -0.3 is 20.4 Å². The molecule has 134 valence electrons. The maximum atomic E-state index is 9.93. The fourth-order valence-electron chi connectivity index (χ4n) is 2.67. The highest BCUT2D eigenvalue weighted by Crippen LogP contribution is 2.15. The lowest BCUT2D eigenvalue weighted by atomic mass is 9.98. The molecule has 4 N–H and O–H groups in total. The molecule has 0 aliphatic rings. The molecule has 0 bridgehead atoms. The highest BCUT2D eigenvalue weighted by Gasteiger charge is 2.15. The van der Waals surface area contributed by atoms with E-state index in [4.69, 9.17) is 10.2 Å². The van der Waals surface area contributed by atoms with Gasteiger partial charge in [-0.1, -0.05) is 58.3 Å². The first-order valence-corrected chi connectivity index (χ1v) is 9.19. The van der Waals surface area contributed by atoms with E-state index in [2.05, 4.69) is 0 Å². The standard InChI is InChI=1S/C18H38O4/c1-16(15-20)11-7-6-9-13-18(22)17(21)12-8-4-2-3-5-10-14-19/h16-22H,2-15H2,1H3. The minimum absolute atomic E-state index is 0.251. The summed E-state index contributed by atoms with van der Waals surface area (Å²) in [7, 11) is 0. The largest absolute Gasteiger partial charge is 0.396 e. The van der Waals surface area contributed by atoms with Crippen LogP contribution in [-0.4, -0.2) is 45.8 Å². The van der Waals surface area contributed by atoms with E-state index in [1.54, 1.807) is 0 Å². The Morgan fingerprint density at radius 2 is 1.00 bits per heavy atom. The van der Waals surface area contributed by atoms with Crippen LogP contribution in [0.3, 0.4) is 0 Å². The van der Waals surface area contributed by atoms with E-state index in [-0.39, 0.29) is 13.2 Å². The van der Waals surface area contributed by atoms with E-state index < -0.39 is 12.2 Å². The van der Waals surface area contributed by atoms with Gasteiger partial charge >= 0.3 is 0 Å². The fraction of sp³-hybridized carbons (Fsp3) is 1.00. The highest BCUT2D eigenvalue weighted by molar-refractivity contribution is 4.67. The smallest absolute Gasteiger partial charge is 0.0799 e. The van der Waals surface area contributed by atoms with Crippen molar-refractivity contribution in [2.45, 2.75) is 96.2 Å². The number of hydrogen-bond donors (Lipinski definition) is 4. The summed E-state index contributed by atoms with van der Waals surface area (Å²) in [5.41, 5.74) is 0. The van der Waals surface area contributed by atoms with Crippen LogP contribution in [-0.2, 0) is 0 Å². The number of rotatable bonds is 16. The Bertz CT molecular complexity index is 223. The van der Waals surface area contributed by atoms with Crippen molar-refractivity contribution in [2.24, 2.45) is 5.92 Å². The van der Waals surface area contributed by atoms with Crippen molar-refractivity contribution >= 4 is 0 Å². The van der Waals surface area contributed by atoms with E-state index in [0.717, 1.165) is 64.2 Å². The first-order chi connectivity index (χ1) is 10.6. The second kappa shape index (κ2) is 15.7. The van der Waals surface area contributed by atoms with Crippen LogP contribution in [0.15, 0.2) is 0 Å². The molecule has 4 nitrogen and oxygen atoms in total. The van der Waals surface area contributed by atoms with Gasteiger partial charge in [-0.2, -0.15) is 0 Å². The van der Waals surface area contributed by atoms with Crippen molar-refractivity contribution in [3.8, 4) is 0 Å². The van der Waals surface area contributed by atoms with Gasteiger partial charge in [-0.25, -0.2) is 0 Å². The van der Waals surface area contributed by atoms with Gasteiger partial charge in [-0.05, 0) is 31.6 Å². The monoisotopic (exact) mass is 318 g/mol. The van der Waals surface area contributed by atoms with Crippen LogP contribution < -0.4 is 0 Å². The average molecular weight is 318 g/mol. The van der Waals surface area contributed by atoms with Crippen LogP contribution in [0.1, 0.15) is 84.0 Å². The van der Waals surface area contributed by atoms with Crippen molar-refractivity contribution in [3.63, 3.8) is 0 Å². The molecular formula is C18H38O4. The lowest BCUT2D eigenvalue weighted by Crippen LogP contribution is -2.25. The molecule has 4 heteroatoms. The molecule has 0 saturated carbocycles. The molecule has 0 amide bonds. The number of aliphatic hydroxyl groups is 4. The molecule has 0 spiro atoms. The molecule has 22 heavy (non-hydrogen) atoms. The summed E-state index contributed by atoms with van der Waals surface area (Å²) >= 11 is 0. The van der Waals surface area contributed by atoms with Crippen LogP contribution >= 0.6 is 0 Å². The number of unbranched alkanes of at least 4 members (excludes halogenated alkanes) is 7. The Balaban J connectivity index is 3.41. The molecule has 0 aromatic carbocycles. The molecular weight excluding hydrogens is 280 g/mol. The van der Waals surface area contributed by atoms with Crippen molar-refractivity contribution in [2.75, 3.05) is 13.2 Å². The molecule has 0 radical (unpaired) electrons. The average Bonchev–Trinajstić information content (AvgIpc) is 2.52. The maximum absolute atomic E-state index is 9.93. The van der Waals surface area contributed by atoms with Crippen molar-refractivity contribution in [1.82, 2.24) is 0 Å². The summed E-state index contributed by atoms with van der Waals surface area (Å²) < 4.78 is 0. The van der Waals surface area contributed by atoms with Crippen molar-refractivity contribution < 1.29 is 20.4 Å². The fourth-order valence-corrected chi connectivity index (χ4v) is 2.67. The Morgan fingerprint density at radius 3 is 1.50 bits per heavy atom. The van der Waals surface area contributed by atoms with Gasteiger partial charge in [0.25, 0.3) is 0 Å². The van der Waals surface area contributed by atoms with Gasteiger partial charge in [-0.3, -0.25) is 0 Å². The summed E-state index contributed by atoms with van der Waals surface area (Å²) in [6, 6.07) is 0. The molecule has 0 fully saturated rings. The predicted molar refractivity (Wildman–Crippen MR) is 90.8 cm³/mol. The van der Waals surface area contributed by atoms with Crippen LogP contribution in [0.4, 0.5) is 0 Å². The van der Waals surface area contributed by atoms with Crippen molar-refractivity contribution in [1.29, 1.82) is 0 Å². The molecule has 0 aromatic rings. The predicted octanol–water partition coefficient (Wildman–Crippen LogP) is 3.01. The Morgan fingerprint density at radius 1 is 0.591 bits per heavy atom. The van der Waals surface area contributed by atoms with Crippen LogP contribution in [0.5, 0.6) is 0 Å². The minimum atomic E-state index is -0.593. The summed E-state index contributed by atoms with van der Waals surface area (Å²) in [5, 5.41) is 37.5. The Labute approximate surface area is 136 Å². The molecule has 3 atom stereocenters. The normalized spacial score (nSPS) is 15.7. The SMILES string of the molecule is CC(CO)CCCCCC(O)C(O)CCCCCCCCO. The summed E-state index contributed by atoms with van der Waals surface area (Å²) in [6.45, 7) is 2.58. The molecule has 0 rings (SSSR count). The van der Waals surface area contributed by atoms with Gasteiger partial charge in [-0.15, -0.1) is 0 Å². The van der Waals surface area contributed by atoms with Gasteiger partial charge in [0.15, 0.2) is 0 Å². The Kier molecular flexibility index (Phi) is 15.6. The molecule has 0 aromatic heterocycles. The lowest BCUT2D eigenvalue weighted by Gasteiger charge is -2.17. The van der Waals surface area contributed by atoms with Gasteiger partial charge in [0.1, 0.15) is 0 Å². The molecule has 3 unspecified atom stereocenters. The molecule has 0 saturated heterocycles. The third-order valence-electron chi connectivity index (χ3n) is 4.36. The molecule has 0 aliphatic heterocycles. The lowest BCUT2D eigenvalue weighted by molar-refractivity contribution is 0.00707. The second-order valence-electron chi connectivity index (χ2n) is 6.69. The van der Waals surface area contributed by atoms with Gasteiger partial charge in [0.2, 0.25) is 0 Å². The topological polar surface area (TPSA) is 80.9 Å². The van der Waals surface area contributed by atoms with Crippen molar-refractivity contribution in [3.05, 3.63) is 0 Å². The van der Waals surface area contributed by atoms with E-state index >= 15 is 0 Å². The summed E-state index contributed by atoms with van der Waals surface area (Å²) in [5.74, 6) is 0.368. The second-order valence-corrected chi connectivity index (χ2v) is 6.69. The van der Waals surface area contributed by atoms with Gasteiger partial charge in [0, 0.05) is 13.2 Å². The molecule has 0 heterocycles. The number of aliphatic hydroxyl groups excluding tert-OH is 4. The first-order valence-electron chi connectivity index (χ1n) is 9.19.